The Hall–Kier alpha value is -1.26. The minimum absolute atomic E-state index is 0.750. The number of nitrogens with zero attached hydrogens (tertiary/aromatic N) is 2. The largest absolute Gasteiger partial charge is 0.494 e. The molecule has 0 unspecified atom stereocenters. The molecular weight excluding hydrogens is 264 g/mol. The van der Waals surface area contributed by atoms with Gasteiger partial charge in [-0.3, -0.25) is 4.90 Å². The zero-order valence-electron chi connectivity index (χ0n) is 13.4. The van der Waals surface area contributed by atoms with Crippen LogP contribution in [0.3, 0.4) is 0 Å². The van der Waals surface area contributed by atoms with Crippen molar-refractivity contribution < 1.29 is 9.47 Å². The summed E-state index contributed by atoms with van der Waals surface area (Å²) in [5.41, 5.74) is 0. The highest BCUT2D eigenvalue weighted by molar-refractivity contribution is 5.31. The Labute approximate surface area is 128 Å². The van der Waals surface area contributed by atoms with Crippen molar-refractivity contribution in [2.75, 3.05) is 53.0 Å². The summed E-state index contributed by atoms with van der Waals surface area (Å²) in [5, 5.41) is 0. The SMILES string of the molecule is CCCCOc1ccc(OCCN2CCN(C)CC2)cc1. The average Bonchev–Trinajstić information content (AvgIpc) is 2.51. The van der Waals surface area contributed by atoms with E-state index in [-0.39, 0.29) is 0 Å². The lowest BCUT2D eigenvalue weighted by Gasteiger charge is -2.32. The van der Waals surface area contributed by atoms with E-state index in [1.54, 1.807) is 0 Å². The number of benzene rings is 1. The van der Waals surface area contributed by atoms with Crippen molar-refractivity contribution in [1.82, 2.24) is 9.80 Å². The molecule has 0 aromatic heterocycles. The first-order valence-electron chi connectivity index (χ1n) is 8.04. The van der Waals surface area contributed by atoms with Crippen LogP contribution in [0.2, 0.25) is 0 Å². The molecule has 1 aliphatic heterocycles. The summed E-state index contributed by atoms with van der Waals surface area (Å²) in [5.74, 6) is 1.85. The number of rotatable bonds is 8. The maximum atomic E-state index is 5.81. The number of piperazine rings is 1. The van der Waals surface area contributed by atoms with Crippen molar-refractivity contribution in [2.45, 2.75) is 19.8 Å². The molecule has 0 spiro atoms. The first-order valence-corrected chi connectivity index (χ1v) is 8.04. The first kappa shape index (κ1) is 16.1. The Morgan fingerprint density at radius 3 is 2.05 bits per heavy atom. The summed E-state index contributed by atoms with van der Waals surface area (Å²) in [4.78, 5) is 4.83. The molecule has 4 heteroatoms. The molecule has 1 saturated heterocycles. The molecule has 1 heterocycles. The Kier molecular flexibility index (Phi) is 6.83. The van der Waals surface area contributed by atoms with Crippen LogP contribution in [0.15, 0.2) is 24.3 Å². The van der Waals surface area contributed by atoms with E-state index in [0.717, 1.165) is 70.3 Å². The Morgan fingerprint density at radius 1 is 0.905 bits per heavy atom. The number of hydrogen-bond donors (Lipinski definition) is 0. The molecule has 1 aromatic carbocycles. The number of ether oxygens (including phenoxy) is 2. The van der Waals surface area contributed by atoms with Gasteiger partial charge in [-0.25, -0.2) is 0 Å². The molecule has 21 heavy (non-hydrogen) atoms. The summed E-state index contributed by atoms with van der Waals surface area (Å²) in [7, 11) is 2.18. The van der Waals surface area contributed by atoms with E-state index in [9.17, 15) is 0 Å². The van der Waals surface area contributed by atoms with E-state index >= 15 is 0 Å². The van der Waals surface area contributed by atoms with Crippen molar-refractivity contribution in [3.63, 3.8) is 0 Å². The molecule has 4 nitrogen and oxygen atoms in total. The molecular formula is C17H28N2O2. The summed E-state index contributed by atoms with van der Waals surface area (Å²) in [6.45, 7) is 9.31. The van der Waals surface area contributed by atoms with Crippen molar-refractivity contribution in [3.05, 3.63) is 24.3 Å². The third-order valence-electron chi connectivity index (χ3n) is 3.86. The highest BCUT2D eigenvalue weighted by Crippen LogP contribution is 2.17. The van der Waals surface area contributed by atoms with E-state index in [2.05, 4.69) is 23.8 Å². The molecule has 1 aromatic rings. The molecule has 0 atom stereocenters. The van der Waals surface area contributed by atoms with Crippen LogP contribution in [0.1, 0.15) is 19.8 Å². The van der Waals surface area contributed by atoms with Crippen LogP contribution in [0.5, 0.6) is 11.5 Å². The van der Waals surface area contributed by atoms with Crippen LogP contribution in [-0.4, -0.2) is 62.8 Å². The van der Waals surface area contributed by atoms with E-state index in [1.807, 2.05) is 24.3 Å². The molecule has 0 N–H and O–H groups in total. The van der Waals surface area contributed by atoms with Crippen molar-refractivity contribution in [1.29, 1.82) is 0 Å². The molecule has 0 amide bonds. The van der Waals surface area contributed by atoms with Gasteiger partial charge in [-0.1, -0.05) is 13.3 Å². The predicted octanol–water partition coefficient (Wildman–Crippen LogP) is 2.49. The van der Waals surface area contributed by atoms with Gasteiger partial charge in [-0.05, 0) is 37.7 Å². The van der Waals surface area contributed by atoms with Gasteiger partial charge in [0.05, 0.1) is 6.61 Å². The molecule has 2 rings (SSSR count). The van der Waals surface area contributed by atoms with E-state index in [4.69, 9.17) is 9.47 Å². The Balaban J connectivity index is 1.64. The number of unbranched alkanes of at least 4 members (excludes halogenated alkanes) is 1. The number of hydrogen-bond acceptors (Lipinski definition) is 4. The quantitative estimate of drug-likeness (QED) is 0.687. The van der Waals surface area contributed by atoms with Crippen LogP contribution >= 0.6 is 0 Å². The van der Waals surface area contributed by atoms with E-state index in [0.29, 0.717) is 0 Å². The topological polar surface area (TPSA) is 24.9 Å². The lowest BCUT2D eigenvalue weighted by molar-refractivity contribution is 0.133. The first-order chi connectivity index (χ1) is 10.3. The smallest absolute Gasteiger partial charge is 0.119 e. The Morgan fingerprint density at radius 2 is 1.48 bits per heavy atom. The second-order valence-electron chi connectivity index (χ2n) is 5.67. The maximum Gasteiger partial charge on any atom is 0.119 e. The molecule has 0 radical (unpaired) electrons. The highest BCUT2D eigenvalue weighted by atomic mass is 16.5. The van der Waals surface area contributed by atoms with E-state index in [1.165, 1.54) is 0 Å². The van der Waals surface area contributed by atoms with Crippen LogP contribution in [-0.2, 0) is 0 Å². The minimum Gasteiger partial charge on any atom is -0.494 e. The standard InChI is InChI=1S/C17H28N2O2/c1-3-4-14-20-16-5-7-17(8-6-16)21-15-13-19-11-9-18(2)10-12-19/h5-8H,3-4,9-15H2,1-2H3. The zero-order valence-corrected chi connectivity index (χ0v) is 13.4. The second-order valence-corrected chi connectivity index (χ2v) is 5.67. The van der Waals surface area contributed by atoms with Crippen molar-refractivity contribution in [2.24, 2.45) is 0 Å². The molecule has 1 fully saturated rings. The predicted molar refractivity (Wildman–Crippen MR) is 86.3 cm³/mol. The van der Waals surface area contributed by atoms with Gasteiger partial charge in [0.2, 0.25) is 0 Å². The summed E-state index contributed by atoms with van der Waals surface area (Å²) < 4.78 is 11.4. The Bertz CT molecular complexity index is 386. The maximum absolute atomic E-state index is 5.81. The third-order valence-corrected chi connectivity index (χ3v) is 3.86. The average molecular weight is 292 g/mol. The summed E-state index contributed by atoms with van der Waals surface area (Å²) in [6.07, 6.45) is 2.26. The van der Waals surface area contributed by atoms with Gasteiger partial charge in [0.1, 0.15) is 18.1 Å². The van der Waals surface area contributed by atoms with Gasteiger partial charge in [-0.2, -0.15) is 0 Å². The second kappa shape index (κ2) is 8.90. The fourth-order valence-corrected chi connectivity index (χ4v) is 2.33. The van der Waals surface area contributed by atoms with Crippen molar-refractivity contribution >= 4 is 0 Å². The minimum atomic E-state index is 0.750. The van der Waals surface area contributed by atoms with Gasteiger partial charge in [0.15, 0.2) is 0 Å². The molecule has 0 aliphatic carbocycles. The summed E-state index contributed by atoms with van der Waals surface area (Å²) >= 11 is 0. The summed E-state index contributed by atoms with van der Waals surface area (Å²) in [6, 6.07) is 7.96. The highest BCUT2D eigenvalue weighted by Gasteiger charge is 2.13. The third kappa shape index (κ3) is 5.94. The molecule has 0 saturated carbocycles. The van der Waals surface area contributed by atoms with Gasteiger partial charge >= 0.3 is 0 Å². The lowest BCUT2D eigenvalue weighted by Crippen LogP contribution is -2.45. The molecule has 0 bridgehead atoms. The van der Waals surface area contributed by atoms with Crippen LogP contribution in [0, 0.1) is 0 Å². The normalized spacial score (nSPS) is 16.9. The van der Waals surface area contributed by atoms with Gasteiger partial charge in [0, 0.05) is 32.7 Å². The number of likely N-dealkylation sites (N-methyl/N-ethyl adjacent to an activating group) is 1. The van der Waals surface area contributed by atoms with Crippen molar-refractivity contribution in [3.8, 4) is 11.5 Å². The fraction of sp³-hybridized carbons (Fsp3) is 0.647. The molecule has 118 valence electrons. The lowest BCUT2D eigenvalue weighted by atomic mass is 10.3. The van der Waals surface area contributed by atoms with Crippen LogP contribution < -0.4 is 9.47 Å². The van der Waals surface area contributed by atoms with Gasteiger partial charge in [0.25, 0.3) is 0 Å². The van der Waals surface area contributed by atoms with Crippen LogP contribution in [0.25, 0.3) is 0 Å². The van der Waals surface area contributed by atoms with Gasteiger partial charge < -0.3 is 14.4 Å². The van der Waals surface area contributed by atoms with Gasteiger partial charge in [-0.15, -0.1) is 0 Å². The zero-order chi connectivity index (χ0) is 14.9. The van der Waals surface area contributed by atoms with E-state index < -0.39 is 0 Å². The van der Waals surface area contributed by atoms with Crippen LogP contribution in [0.4, 0.5) is 0 Å². The monoisotopic (exact) mass is 292 g/mol. The molecule has 1 aliphatic rings. The fourth-order valence-electron chi connectivity index (χ4n) is 2.33.